The second-order valence-electron chi connectivity index (χ2n) is 12.3. The molecule has 11 nitrogen and oxygen atoms in total. The van der Waals surface area contributed by atoms with Gasteiger partial charge in [-0.1, -0.05) is 0 Å². The lowest BCUT2D eigenvalue weighted by Crippen LogP contribution is -2.32. The molecule has 1 aliphatic carbocycles. The highest BCUT2D eigenvalue weighted by Crippen LogP contribution is 2.47. The van der Waals surface area contributed by atoms with E-state index in [0.29, 0.717) is 30.3 Å². The van der Waals surface area contributed by atoms with Gasteiger partial charge in [-0.05, 0) is 37.6 Å². The van der Waals surface area contributed by atoms with Crippen molar-refractivity contribution in [2.24, 2.45) is 0 Å². The number of nitrogens with zero attached hydrogens (tertiary/aromatic N) is 5. The summed E-state index contributed by atoms with van der Waals surface area (Å²) in [5, 5.41) is 2.60. The summed E-state index contributed by atoms with van der Waals surface area (Å²) < 4.78 is 14.7. The van der Waals surface area contributed by atoms with Gasteiger partial charge in [-0.2, -0.15) is 0 Å². The van der Waals surface area contributed by atoms with Crippen LogP contribution in [0.2, 0.25) is 0 Å². The molecular weight excluding hydrogens is 634 g/mol. The number of carbonyl (C=O) groups excluding carboxylic acids is 3. The number of hydroxylamine groups is 2. The van der Waals surface area contributed by atoms with E-state index in [1.54, 1.807) is 7.11 Å². The molecule has 0 radical (unpaired) electrons. The van der Waals surface area contributed by atoms with Crippen molar-refractivity contribution < 1.29 is 28.4 Å². The fourth-order valence-electron chi connectivity index (χ4n) is 5.92. The zero-order valence-corrected chi connectivity index (χ0v) is 29.8. The molecule has 0 aromatic heterocycles. The lowest BCUT2D eigenvalue weighted by molar-refractivity contribution is -0.197. The van der Waals surface area contributed by atoms with Crippen LogP contribution in [0.4, 0.5) is 17.1 Å². The fraction of sp³-hybridized carbons (Fsp3) is 0.389. The van der Waals surface area contributed by atoms with Gasteiger partial charge in [0.25, 0.3) is 11.8 Å². The van der Waals surface area contributed by atoms with Crippen LogP contribution in [0.15, 0.2) is 52.9 Å². The number of fused-ring (bicyclic) bond motifs is 2. The second kappa shape index (κ2) is 15.0. The number of anilines is 3. The number of halogens is 1. The molecule has 0 unspecified atom stereocenters. The van der Waals surface area contributed by atoms with Crippen molar-refractivity contribution in [1.29, 1.82) is 0 Å². The van der Waals surface area contributed by atoms with Crippen LogP contribution in [0, 0.1) is 0 Å². The van der Waals surface area contributed by atoms with Gasteiger partial charge in [0.2, 0.25) is 5.36 Å². The molecule has 2 aliphatic heterocycles. The fourth-order valence-corrected chi connectivity index (χ4v) is 5.92. The largest absolute Gasteiger partial charge is 0.496 e. The molecule has 0 spiro atoms. The number of methoxy groups -OCH3 is 1. The molecule has 3 aliphatic rings. The topological polar surface area (TPSA) is 98.8 Å². The smallest absolute Gasteiger partial charge is 0.333 e. The average Bonchev–Trinajstić information content (AvgIpc) is 3.36. The van der Waals surface area contributed by atoms with Crippen LogP contribution in [0.1, 0.15) is 32.6 Å². The van der Waals surface area contributed by atoms with E-state index in [-0.39, 0.29) is 31.7 Å². The lowest BCUT2D eigenvalue weighted by Gasteiger charge is -2.30. The van der Waals surface area contributed by atoms with E-state index in [9.17, 15) is 14.4 Å². The van der Waals surface area contributed by atoms with Gasteiger partial charge in [0.05, 0.1) is 24.6 Å². The van der Waals surface area contributed by atoms with Crippen LogP contribution in [-0.4, -0.2) is 85.3 Å². The Morgan fingerprint density at radius 3 is 2.23 bits per heavy atom. The monoisotopic (exact) mass is 678 g/mol. The molecule has 0 atom stereocenters. The number of hydrogen-bond donors (Lipinski definition) is 0. The maximum atomic E-state index is 12.5. The van der Waals surface area contributed by atoms with Crippen molar-refractivity contribution in [3.63, 3.8) is 0 Å². The highest BCUT2D eigenvalue weighted by molar-refractivity contribution is 6.05. The Bertz CT molecular complexity index is 1860. The standard InChI is InChI=1S/C36H44N5O6.ClH/c1-9-40(18-10-11-35(44)47-41-33(42)16-17-34(41)43)29-22-30(45-8)27(21-28(29)39(6)7)36-25-14-12-23(37(2)3)19-31(25)46-32-20-24(38(4)5)13-15-26(32)36;/h12-15,19-22H,9-11,16-18H2,1-8H3;1H/q+1;. The summed E-state index contributed by atoms with van der Waals surface area (Å²) in [4.78, 5) is 47.6. The minimum absolute atomic E-state index is 0. The molecular formula is C36H45ClN5O6+. The van der Waals surface area contributed by atoms with Gasteiger partial charge in [0.15, 0.2) is 0 Å². The van der Waals surface area contributed by atoms with Crippen LogP contribution in [-0.2, 0) is 19.2 Å². The van der Waals surface area contributed by atoms with E-state index in [2.05, 4.69) is 74.7 Å². The molecule has 2 aromatic rings. The van der Waals surface area contributed by atoms with Crippen molar-refractivity contribution in [2.75, 3.05) is 77.2 Å². The SMILES string of the molecule is CCN(CCCC(=O)ON1C(=O)CCC1=O)c1cc(OC)c(-c2c3ccc(=[N+](C)C)cc-3oc3cc(N(C)C)ccc23)cc1N(C)C.Cl. The molecule has 1 fully saturated rings. The minimum atomic E-state index is -0.603. The van der Waals surface area contributed by atoms with Crippen molar-refractivity contribution in [1.82, 2.24) is 9.64 Å². The summed E-state index contributed by atoms with van der Waals surface area (Å²) in [6.07, 6.45) is 0.671. The number of hydrogen-bond acceptors (Lipinski definition) is 9. The zero-order valence-electron chi connectivity index (χ0n) is 29.0. The Labute approximate surface area is 287 Å². The van der Waals surface area contributed by atoms with Gasteiger partial charge in [-0.3, -0.25) is 9.59 Å². The van der Waals surface area contributed by atoms with Gasteiger partial charge < -0.3 is 28.7 Å². The van der Waals surface area contributed by atoms with E-state index in [1.807, 2.05) is 42.3 Å². The first-order valence-corrected chi connectivity index (χ1v) is 15.8. The third-order valence-electron chi connectivity index (χ3n) is 8.50. The first-order chi connectivity index (χ1) is 22.4. The predicted octanol–water partition coefficient (Wildman–Crippen LogP) is 5.01. The van der Waals surface area contributed by atoms with Gasteiger partial charge in [-0.25, -0.2) is 9.37 Å². The Morgan fingerprint density at radius 2 is 1.62 bits per heavy atom. The molecule has 0 saturated carbocycles. The first kappa shape index (κ1) is 36.1. The summed E-state index contributed by atoms with van der Waals surface area (Å²) in [6.45, 7) is 3.29. The molecule has 0 bridgehead atoms. The molecule has 0 N–H and O–H groups in total. The zero-order chi connectivity index (χ0) is 34.0. The number of carbonyl (C=O) groups is 3. The number of rotatable bonds is 11. The summed E-state index contributed by atoms with van der Waals surface area (Å²) in [5.74, 6) is -0.0905. The summed E-state index contributed by atoms with van der Waals surface area (Å²) >= 11 is 0. The summed E-state index contributed by atoms with van der Waals surface area (Å²) in [6, 6.07) is 16.7. The Hall–Kier alpha value is -4.77. The first-order valence-electron chi connectivity index (χ1n) is 15.8. The van der Waals surface area contributed by atoms with Gasteiger partial charge in [0, 0.05) is 107 Å². The van der Waals surface area contributed by atoms with Crippen molar-refractivity contribution in [3.05, 3.63) is 53.9 Å². The van der Waals surface area contributed by atoms with Gasteiger partial charge in [-0.15, -0.1) is 17.5 Å². The maximum absolute atomic E-state index is 12.5. The quantitative estimate of drug-likeness (QED) is 0.123. The maximum Gasteiger partial charge on any atom is 0.333 e. The second-order valence-corrected chi connectivity index (χ2v) is 12.3. The average molecular weight is 679 g/mol. The van der Waals surface area contributed by atoms with Gasteiger partial charge in [0.1, 0.15) is 31.2 Å². The minimum Gasteiger partial charge on any atom is -0.496 e. The number of benzene rings is 3. The van der Waals surface area contributed by atoms with Gasteiger partial charge >= 0.3 is 5.97 Å². The number of ether oxygens (including phenoxy) is 1. The predicted molar refractivity (Wildman–Crippen MR) is 192 cm³/mol. The highest BCUT2D eigenvalue weighted by Gasteiger charge is 2.33. The van der Waals surface area contributed by atoms with E-state index in [1.165, 1.54) is 0 Å². The Morgan fingerprint density at radius 1 is 0.917 bits per heavy atom. The van der Waals surface area contributed by atoms with Crippen LogP contribution in [0.25, 0.3) is 33.4 Å². The molecule has 2 amide bonds. The third kappa shape index (κ3) is 7.21. The molecule has 48 heavy (non-hydrogen) atoms. The molecule has 1 saturated heterocycles. The van der Waals surface area contributed by atoms with E-state index in [0.717, 1.165) is 55.8 Å². The molecule has 2 heterocycles. The molecule has 5 rings (SSSR count). The summed E-state index contributed by atoms with van der Waals surface area (Å²) in [5.41, 5.74) is 6.66. The van der Waals surface area contributed by atoms with E-state index < -0.39 is 17.8 Å². The molecule has 256 valence electrons. The summed E-state index contributed by atoms with van der Waals surface area (Å²) in [7, 11) is 13.7. The van der Waals surface area contributed by atoms with Crippen molar-refractivity contribution >= 4 is 58.2 Å². The Balaban J connectivity index is 0.00000520. The van der Waals surface area contributed by atoms with Crippen molar-refractivity contribution in [3.8, 4) is 28.2 Å². The van der Waals surface area contributed by atoms with Crippen LogP contribution >= 0.6 is 12.4 Å². The van der Waals surface area contributed by atoms with Crippen molar-refractivity contribution in [2.45, 2.75) is 32.6 Å². The van der Waals surface area contributed by atoms with E-state index in [4.69, 9.17) is 14.0 Å². The number of imide groups is 1. The van der Waals surface area contributed by atoms with Crippen LogP contribution in [0.5, 0.6) is 5.75 Å². The van der Waals surface area contributed by atoms with E-state index >= 15 is 0 Å². The molecule has 12 heteroatoms. The third-order valence-corrected chi connectivity index (χ3v) is 8.50. The Kier molecular flexibility index (Phi) is 11.3. The normalized spacial score (nSPS) is 12.7. The van der Waals surface area contributed by atoms with Crippen LogP contribution in [0.3, 0.4) is 0 Å². The number of amides is 2. The lowest BCUT2D eigenvalue weighted by atomic mass is 9.92. The highest BCUT2D eigenvalue weighted by atomic mass is 35.5. The molecule has 2 aromatic carbocycles. The van der Waals surface area contributed by atoms with Crippen LogP contribution < -0.4 is 29.4 Å².